The highest BCUT2D eigenvalue weighted by atomic mass is 31.1. The fourth-order valence-corrected chi connectivity index (χ4v) is 9.65. The number of benzene rings is 2. The van der Waals surface area contributed by atoms with Crippen LogP contribution in [0.15, 0.2) is 60.7 Å². The zero-order valence-corrected chi connectivity index (χ0v) is 15.6. The Morgan fingerprint density at radius 1 is 0.762 bits per heavy atom. The summed E-state index contributed by atoms with van der Waals surface area (Å²) in [7, 11) is -1.86. The highest BCUT2D eigenvalue weighted by Gasteiger charge is 2.34. The van der Waals surface area contributed by atoms with Crippen molar-refractivity contribution < 1.29 is 0 Å². The van der Waals surface area contributed by atoms with Crippen LogP contribution in [0.3, 0.4) is 0 Å². The Balaban J connectivity index is 2.55. The van der Waals surface area contributed by atoms with Gasteiger partial charge in [-0.2, -0.15) is 0 Å². The first-order valence-corrected chi connectivity index (χ1v) is 12.3. The maximum atomic E-state index is 2.80. The number of nitrogens with zero attached hydrogens (tertiary/aromatic N) is 1. The van der Waals surface area contributed by atoms with Gasteiger partial charge in [-0.05, 0) is 10.6 Å². The van der Waals surface area contributed by atoms with Crippen LogP contribution in [0.5, 0.6) is 0 Å². The van der Waals surface area contributed by atoms with Crippen molar-refractivity contribution in [2.45, 2.75) is 39.5 Å². The largest absolute Gasteiger partial charge is 0.294 e. The average Bonchev–Trinajstić information content (AvgIpc) is 2.44. The Bertz CT molecular complexity index is 509. The summed E-state index contributed by atoms with van der Waals surface area (Å²) in [5, 5.41) is 2.91. The minimum atomic E-state index is -1.42. The van der Waals surface area contributed by atoms with Crippen molar-refractivity contribution in [2.75, 3.05) is 0 Å². The third-order valence-corrected chi connectivity index (χ3v) is 10.2. The number of hydrogen-bond donors (Lipinski definition) is 0. The fraction of sp³-hybridized carbons (Fsp3) is 0.333. The van der Waals surface area contributed by atoms with Gasteiger partial charge in [-0.3, -0.25) is 4.34 Å². The smallest absolute Gasteiger partial charge is 0.124 e. The summed E-state index contributed by atoms with van der Waals surface area (Å²) in [4.78, 5) is 0. The van der Waals surface area contributed by atoms with E-state index in [1.165, 1.54) is 10.6 Å². The van der Waals surface area contributed by atoms with Crippen LogP contribution in [0.25, 0.3) is 0 Å². The lowest BCUT2D eigenvalue weighted by Crippen LogP contribution is -2.49. The zero-order chi connectivity index (χ0) is 15.5. The first kappa shape index (κ1) is 16.4. The van der Waals surface area contributed by atoms with Crippen LogP contribution in [0.4, 0.5) is 0 Å². The molecule has 2 rings (SSSR count). The van der Waals surface area contributed by atoms with Crippen molar-refractivity contribution in [1.29, 1.82) is 0 Å². The second-order valence-corrected chi connectivity index (χ2v) is 13.9. The predicted molar refractivity (Wildman–Crippen MR) is 99.4 cm³/mol. The van der Waals surface area contributed by atoms with Crippen molar-refractivity contribution in [3.8, 4) is 0 Å². The molecule has 0 aromatic heterocycles. The van der Waals surface area contributed by atoms with Crippen molar-refractivity contribution in [3.05, 3.63) is 60.7 Å². The second kappa shape index (κ2) is 6.87. The van der Waals surface area contributed by atoms with E-state index in [1.807, 2.05) is 0 Å². The lowest BCUT2D eigenvalue weighted by Gasteiger charge is -2.44. The molecule has 112 valence electrons. The minimum Gasteiger partial charge on any atom is -0.294 e. The van der Waals surface area contributed by atoms with Crippen molar-refractivity contribution in [3.63, 3.8) is 0 Å². The fourth-order valence-electron chi connectivity index (χ4n) is 2.84. The van der Waals surface area contributed by atoms with E-state index in [1.54, 1.807) is 0 Å². The molecular weight excluding hydrogens is 289 g/mol. The summed E-state index contributed by atoms with van der Waals surface area (Å²) >= 11 is 0. The van der Waals surface area contributed by atoms with E-state index in [-0.39, 0.29) is 0 Å². The van der Waals surface area contributed by atoms with Crippen LogP contribution < -0.4 is 10.6 Å². The quantitative estimate of drug-likeness (QED) is 0.576. The van der Waals surface area contributed by atoms with Gasteiger partial charge < -0.3 is 0 Å². The molecule has 0 heterocycles. The van der Waals surface area contributed by atoms with E-state index in [4.69, 9.17) is 0 Å². The Morgan fingerprint density at radius 3 is 1.43 bits per heavy atom. The van der Waals surface area contributed by atoms with Gasteiger partial charge in [0.05, 0.1) is 0 Å². The highest BCUT2D eigenvalue weighted by molar-refractivity contribution is 7.72. The van der Waals surface area contributed by atoms with Gasteiger partial charge in [0.2, 0.25) is 0 Å². The van der Waals surface area contributed by atoms with Gasteiger partial charge in [0.25, 0.3) is 0 Å². The molecule has 0 radical (unpaired) electrons. The monoisotopic (exact) mass is 315 g/mol. The van der Waals surface area contributed by atoms with E-state index in [0.29, 0.717) is 6.04 Å². The normalized spacial score (nSPS) is 12.4. The molecule has 2 aromatic carbocycles. The summed E-state index contributed by atoms with van der Waals surface area (Å²) in [6, 6.07) is 22.6. The molecule has 0 aliphatic heterocycles. The lowest BCUT2D eigenvalue weighted by atomic mass is 10.4. The molecule has 0 atom stereocenters. The van der Waals surface area contributed by atoms with E-state index in [2.05, 4.69) is 98.5 Å². The van der Waals surface area contributed by atoms with Gasteiger partial charge in [-0.25, -0.2) is 0 Å². The maximum Gasteiger partial charge on any atom is 0.124 e. The molecule has 3 heteroatoms. The maximum absolute atomic E-state index is 2.80. The molecular formula is C18H26NPSi. The average molecular weight is 315 g/mol. The van der Waals surface area contributed by atoms with Crippen molar-refractivity contribution in [1.82, 2.24) is 4.34 Å². The second-order valence-electron chi connectivity index (χ2n) is 6.59. The Hall–Kier alpha value is -0.953. The molecule has 0 N–H and O–H groups in total. The Morgan fingerprint density at radius 2 is 1.14 bits per heavy atom. The first-order chi connectivity index (χ1) is 9.91. The predicted octanol–water partition coefficient (Wildman–Crippen LogP) is 4.58. The molecule has 2 aromatic rings. The number of rotatable bonds is 5. The topological polar surface area (TPSA) is 3.24 Å². The third-order valence-electron chi connectivity index (χ3n) is 3.39. The van der Waals surface area contributed by atoms with E-state index in [9.17, 15) is 0 Å². The summed E-state index contributed by atoms with van der Waals surface area (Å²) < 4.78 is 2.80. The van der Waals surface area contributed by atoms with Gasteiger partial charge >= 0.3 is 0 Å². The third kappa shape index (κ3) is 4.03. The van der Waals surface area contributed by atoms with Crippen LogP contribution >= 0.6 is 8.07 Å². The molecule has 0 amide bonds. The molecule has 0 unspecified atom stereocenters. The molecule has 0 fully saturated rings. The lowest BCUT2D eigenvalue weighted by molar-refractivity contribution is 0.545. The summed E-state index contributed by atoms with van der Waals surface area (Å²) in [5.41, 5.74) is 0. The summed E-state index contributed by atoms with van der Waals surface area (Å²) in [6.07, 6.45) is 0. The molecule has 0 aliphatic carbocycles. The van der Waals surface area contributed by atoms with Crippen molar-refractivity contribution >= 4 is 26.9 Å². The SMILES string of the molecule is CC(C)N(P(c1ccccc1)c1ccccc1)[Si](C)(C)C. The molecule has 1 nitrogen and oxygen atoms in total. The van der Waals surface area contributed by atoms with Gasteiger partial charge in [0, 0.05) is 14.1 Å². The van der Waals surface area contributed by atoms with Gasteiger partial charge in [0.15, 0.2) is 0 Å². The van der Waals surface area contributed by atoms with Crippen molar-refractivity contribution in [2.24, 2.45) is 0 Å². The Labute approximate surface area is 131 Å². The van der Waals surface area contributed by atoms with Crippen LogP contribution in [0.2, 0.25) is 19.6 Å². The minimum absolute atomic E-state index is 0.447. The summed E-state index contributed by atoms with van der Waals surface area (Å²) in [6.45, 7) is 12.0. The molecule has 0 aliphatic rings. The summed E-state index contributed by atoms with van der Waals surface area (Å²) in [5.74, 6) is 0. The van der Waals surface area contributed by atoms with Crippen LogP contribution in [0, 0.1) is 0 Å². The first-order valence-electron chi connectivity index (χ1n) is 7.61. The van der Waals surface area contributed by atoms with Gasteiger partial charge in [0.1, 0.15) is 8.24 Å². The van der Waals surface area contributed by atoms with Crippen LogP contribution in [-0.4, -0.2) is 18.6 Å². The molecule has 0 spiro atoms. The highest BCUT2D eigenvalue weighted by Crippen LogP contribution is 2.43. The van der Waals surface area contributed by atoms with Crippen LogP contribution in [-0.2, 0) is 0 Å². The number of hydrogen-bond acceptors (Lipinski definition) is 1. The van der Waals surface area contributed by atoms with Gasteiger partial charge in [-0.15, -0.1) is 0 Å². The Kier molecular flexibility index (Phi) is 5.37. The molecule has 0 saturated carbocycles. The molecule has 0 bridgehead atoms. The molecule has 0 saturated heterocycles. The van der Waals surface area contributed by atoms with E-state index in [0.717, 1.165) is 0 Å². The zero-order valence-electron chi connectivity index (χ0n) is 13.7. The standard InChI is InChI=1S/C18H26NPSi/c1-16(2)19(21(3,4)5)20(17-12-8-6-9-13-17)18-14-10-7-11-15-18/h6-16H,1-5H3. The van der Waals surface area contributed by atoms with Crippen LogP contribution in [0.1, 0.15) is 13.8 Å². The van der Waals surface area contributed by atoms with Gasteiger partial charge in [-0.1, -0.05) is 94.2 Å². The van der Waals surface area contributed by atoms with E-state index >= 15 is 0 Å². The molecule has 21 heavy (non-hydrogen) atoms. The van der Waals surface area contributed by atoms with E-state index < -0.39 is 16.3 Å².